The van der Waals surface area contributed by atoms with Crippen molar-refractivity contribution in [3.63, 3.8) is 0 Å². The fraction of sp³-hybridized carbons (Fsp3) is 0.357. The number of carbonyl (C=O) groups is 2. The molecule has 21 heavy (non-hydrogen) atoms. The first-order valence-electron chi connectivity index (χ1n) is 6.58. The number of primary amides is 1. The molecule has 7 heteroatoms. The number of amides is 2. The van der Waals surface area contributed by atoms with Crippen LogP contribution < -0.4 is 16.8 Å². The molecule has 0 aromatic heterocycles. The first kappa shape index (κ1) is 14.8. The van der Waals surface area contributed by atoms with Crippen LogP contribution in [0.3, 0.4) is 0 Å². The van der Waals surface area contributed by atoms with Crippen molar-refractivity contribution in [2.45, 2.75) is 19.8 Å². The summed E-state index contributed by atoms with van der Waals surface area (Å²) in [5.41, 5.74) is 10.7. The summed E-state index contributed by atoms with van der Waals surface area (Å²) in [5.74, 6) is -0.586. The van der Waals surface area contributed by atoms with Crippen LogP contribution in [-0.4, -0.2) is 22.9 Å². The number of benzene rings is 1. The molecule has 2 rings (SSSR count). The van der Waals surface area contributed by atoms with Crippen molar-refractivity contribution in [1.82, 2.24) is 0 Å². The fourth-order valence-electron chi connectivity index (χ4n) is 2.71. The third-order valence-electron chi connectivity index (χ3n) is 3.85. The minimum atomic E-state index is -0.962. The molecule has 0 aliphatic heterocycles. The quantitative estimate of drug-likeness (QED) is 0.284. The number of amidine groups is 1. The molecule has 1 saturated carbocycles. The molecular formula is C14H18N4O3. The van der Waals surface area contributed by atoms with Gasteiger partial charge in [-0.25, -0.2) is 0 Å². The molecule has 7 nitrogen and oxygen atoms in total. The van der Waals surface area contributed by atoms with E-state index in [-0.39, 0.29) is 11.7 Å². The lowest BCUT2D eigenvalue weighted by molar-refractivity contribution is -0.127. The maximum atomic E-state index is 12.4. The lowest BCUT2D eigenvalue weighted by atomic mass is 9.61. The zero-order valence-corrected chi connectivity index (χ0v) is 11.7. The molecule has 1 fully saturated rings. The molecule has 0 spiro atoms. The van der Waals surface area contributed by atoms with E-state index < -0.39 is 11.3 Å². The van der Waals surface area contributed by atoms with Gasteiger partial charge in [0.1, 0.15) is 5.41 Å². The Morgan fingerprint density at radius 1 is 1.29 bits per heavy atom. The fourth-order valence-corrected chi connectivity index (χ4v) is 2.71. The van der Waals surface area contributed by atoms with Gasteiger partial charge < -0.3 is 22.0 Å². The van der Waals surface area contributed by atoms with E-state index in [1.165, 1.54) is 12.1 Å². The van der Waals surface area contributed by atoms with Crippen molar-refractivity contribution in [3.05, 3.63) is 29.8 Å². The Hall–Kier alpha value is -2.57. The van der Waals surface area contributed by atoms with E-state index in [4.69, 9.17) is 16.7 Å². The van der Waals surface area contributed by atoms with Gasteiger partial charge in [0.05, 0.1) is 0 Å². The van der Waals surface area contributed by atoms with E-state index in [0.717, 1.165) is 0 Å². The van der Waals surface area contributed by atoms with E-state index in [1.807, 2.05) is 6.92 Å². The molecule has 1 aliphatic carbocycles. The molecule has 0 bridgehead atoms. The summed E-state index contributed by atoms with van der Waals surface area (Å²) in [7, 11) is 0. The van der Waals surface area contributed by atoms with Crippen LogP contribution in [0.4, 0.5) is 5.69 Å². The van der Waals surface area contributed by atoms with Crippen LogP contribution in [0.5, 0.6) is 0 Å². The number of nitrogens with zero attached hydrogens (tertiary/aromatic N) is 1. The Bertz CT molecular complexity index is 589. The Labute approximate surface area is 122 Å². The van der Waals surface area contributed by atoms with Crippen molar-refractivity contribution in [2.75, 3.05) is 5.32 Å². The average molecular weight is 290 g/mol. The van der Waals surface area contributed by atoms with Crippen LogP contribution in [0.2, 0.25) is 0 Å². The SMILES string of the molecule is CC1CC(C(=O)Nc2ccc(C(N)=O)cc2)(/C(N)=N/O)C1. The van der Waals surface area contributed by atoms with Crippen LogP contribution in [0.25, 0.3) is 0 Å². The van der Waals surface area contributed by atoms with Crippen molar-refractivity contribution in [2.24, 2.45) is 28.0 Å². The second-order valence-electron chi connectivity index (χ2n) is 5.48. The zero-order chi connectivity index (χ0) is 15.6. The number of carbonyl (C=O) groups excluding carboxylic acids is 2. The Balaban J connectivity index is 2.15. The number of hydrogen-bond acceptors (Lipinski definition) is 4. The second-order valence-corrected chi connectivity index (χ2v) is 5.48. The van der Waals surface area contributed by atoms with Crippen LogP contribution in [0, 0.1) is 11.3 Å². The van der Waals surface area contributed by atoms with Crippen molar-refractivity contribution >= 4 is 23.3 Å². The summed E-state index contributed by atoms with van der Waals surface area (Å²) < 4.78 is 0. The van der Waals surface area contributed by atoms with E-state index in [0.29, 0.717) is 30.0 Å². The molecular weight excluding hydrogens is 272 g/mol. The summed E-state index contributed by atoms with van der Waals surface area (Å²) >= 11 is 0. The molecule has 1 aromatic carbocycles. The predicted molar refractivity (Wildman–Crippen MR) is 77.8 cm³/mol. The molecule has 6 N–H and O–H groups in total. The van der Waals surface area contributed by atoms with Gasteiger partial charge in [0.15, 0.2) is 5.84 Å². The lowest BCUT2D eigenvalue weighted by Crippen LogP contribution is -2.54. The van der Waals surface area contributed by atoms with Crippen LogP contribution in [-0.2, 0) is 4.79 Å². The molecule has 0 radical (unpaired) electrons. The summed E-state index contributed by atoms with van der Waals surface area (Å²) in [6, 6.07) is 6.22. The maximum Gasteiger partial charge on any atom is 0.248 e. The van der Waals surface area contributed by atoms with E-state index in [1.54, 1.807) is 12.1 Å². The summed E-state index contributed by atoms with van der Waals surface area (Å²) in [6.07, 6.45) is 1.07. The number of nitrogens with two attached hydrogens (primary N) is 2. The highest BCUT2D eigenvalue weighted by Gasteiger charge is 2.52. The van der Waals surface area contributed by atoms with Gasteiger partial charge in [-0.1, -0.05) is 12.1 Å². The Morgan fingerprint density at radius 2 is 1.86 bits per heavy atom. The third kappa shape index (κ3) is 2.67. The predicted octanol–water partition coefficient (Wildman–Crippen LogP) is 0.887. The second kappa shape index (κ2) is 5.43. The van der Waals surface area contributed by atoms with Gasteiger partial charge in [0.2, 0.25) is 11.8 Å². The number of nitrogens with one attached hydrogen (secondary N) is 1. The lowest BCUT2D eigenvalue weighted by Gasteiger charge is -2.43. The van der Waals surface area contributed by atoms with Crippen molar-refractivity contribution in [3.8, 4) is 0 Å². The molecule has 0 unspecified atom stereocenters. The average Bonchev–Trinajstić information content (AvgIpc) is 2.43. The van der Waals surface area contributed by atoms with Crippen LogP contribution in [0.1, 0.15) is 30.1 Å². The maximum absolute atomic E-state index is 12.4. The number of rotatable bonds is 4. The minimum absolute atomic E-state index is 0.0770. The molecule has 0 saturated heterocycles. The molecule has 112 valence electrons. The summed E-state index contributed by atoms with van der Waals surface area (Å²) in [4.78, 5) is 23.4. The van der Waals surface area contributed by atoms with Crippen molar-refractivity contribution < 1.29 is 14.8 Å². The molecule has 1 aliphatic rings. The van der Waals surface area contributed by atoms with E-state index >= 15 is 0 Å². The highest BCUT2D eigenvalue weighted by Crippen LogP contribution is 2.46. The normalized spacial score (nSPS) is 25.0. The first-order chi connectivity index (χ1) is 9.89. The molecule has 0 heterocycles. The molecule has 1 aromatic rings. The topological polar surface area (TPSA) is 131 Å². The zero-order valence-electron chi connectivity index (χ0n) is 11.7. The van der Waals surface area contributed by atoms with Gasteiger partial charge in [-0.05, 0) is 43.0 Å². The molecule has 0 atom stereocenters. The smallest absolute Gasteiger partial charge is 0.248 e. The highest BCUT2D eigenvalue weighted by molar-refractivity contribution is 6.12. The van der Waals surface area contributed by atoms with Gasteiger partial charge in [-0.3, -0.25) is 9.59 Å². The monoisotopic (exact) mass is 290 g/mol. The van der Waals surface area contributed by atoms with Crippen LogP contribution in [0.15, 0.2) is 29.4 Å². The largest absolute Gasteiger partial charge is 0.409 e. The summed E-state index contributed by atoms with van der Waals surface area (Å²) in [5, 5.41) is 14.6. The van der Waals surface area contributed by atoms with Gasteiger partial charge in [-0.2, -0.15) is 0 Å². The number of anilines is 1. The Morgan fingerprint density at radius 3 is 2.29 bits per heavy atom. The third-order valence-corrected chi connectivity index (χ3v) is 3.85. The van der Waals surface area contributed by atoms with E-state index in [2.05, 4.69) is 10.5 Å². The number of hydrogen-bond donors (Lipinski definition) is 4. The number of oxime groups is 1. The van der Waals surface area contributed by atoms with Gasteiger partial charge in [-0.15, -0.1) is 0 Å². The van der Waals surface area contributed by atoms with Crippen molar-refractivity contribution in [1.29, 1.82) is 0 Å². The highest BCUT2D eigenvalue weighted by atomic mass is 16.4. The minimum Gasteiger partial charge on any atom is -0.409 e. The Kier molecular flexibility index (Phi) is 3.84. The van der Waals surface area contributed by atoms with Gasteiger partial charge >= 0.3 is 0 Å². The first-order valence-corrected chi connectivity index (χ1v) is 6.58. The van der Waals surface area contributed by atoms with Gasteiger partial charge in [0, 0.05) is 11.3 Å². The van der Waals surface area contributed by atoms with Crippen LogP contribution >= 0.6 is 0 Å². The van der Waals surface area contributed by atoms with E-state index in [9.17, 15) is 9.59 Å². The standard InChI is InChI=1S/C14H18N4O3/c1-8-6-14(7-8,12(16)18-21)13(20)17-10-4-2-9(3-5-10)11(15)19/h2-5,8,21H,6-7H2,1H3,(H2,15,19)(H2,16,18)(H,17,20). The van der Waals surface area contributed by atoms with Gasteiger partial charge in [0.25, 0.3) is 0 Å². The molecule has 2 amide bonds. The summed E-state index contributed by atoms with van der Waals surface area (Å²) in [6.45, 7) is 2.00.